The number of amides is 1. The van der Waals surface area contributed by atoms with Crippen LogP contribution in [0.15, 0.2) is 12.1 Å². The maximum absolute atomic E-state index is 12.0. The lowest BCUT2D eigenvalue weighted by Crippen LogP contribution is -2.22. The number of hydrogen-bond acceptors (Lipinski definition) is 4. The van der Waals surface area contributed by atoms with E-state index in [4.69, 9.17) is 15.2 Å². The van der Waals surface area contributed by atoms with Gasteiger partial charge < -0.3 is 20.5 Å². The molecular weight excluding hydrogens is 265 g/mol. The van der Waals surface area contributed by atoms with Gasteiger partial charge in [-0.3, -0.25) is 4.79 Å². The minimum absolute atomic E-state index is 0.0681. The zero-order chi connectivity index (χ0) is 14.0. The molecule has 1 heterocycles. The zero-order valence-corrected chi connectivity index (χ0v) is 9.71. The molecule has 1 amide bonds. The fourth-order valence-corrected chi connectivity index (χ4v) is 1.59. The van der Waals surface area contributed by atoms with Gasteiger partial charge in [-0.25, -0.2) is 0 Å². The highest BCUT2D eigenvalue weighted by Crippen LogP contribution is 2.37. The van der Waals surface area contributed by atoms with Gasteiger partial charge in [-0.1, -0.05) is 0 Å². The molecule has 1 aromatic carbocycles. The topological polar surface area (TPSA) is 73.6 Å². The molecule has 0 fully saturated rings. The summed E-state index contributed by atoms with van der Waals surface area (Å²) in [7, 11) is 0. The predicted octanol–water partition coefficient (Wildman–Crippen LogP) is 1.93. The molecule has 0 aromatic heterocycles. The lowest BCUT2D eigenvalue weighted by molar-refractivity contribution is -0.150. The Bertz CT molecular complexity index is 503. The standard InChI is InChI=1S/C11H11F3N2O3/c12-11(13,14)5-10(17)16-7-4-9-8(3-6(7)15)18-1-2-19-9/h3-4H,1-2,5,15H2,(H,16,17). The molecule has 0 aliphatic carbocycles. The Morgan fingerprint density at radius 3 is 2.42 bits per heavy atom. The number of carbonyl (C=O) groups is 1. The molecule has 1 aromatic rings. The summed E-state index contributed by atoms with van der Waals surface area (Å²) in [5.74, 6) is -0.448. The van der Waals surface area contributed by atoms with E-state index in [1.165, 1.54) is 12.1 Å². The number of ether oxygens (including phenoxy) is 2. The van der Waals surface area contributed by atoms with Crippen LogP contribution in [0.2, 0.25) is 0 Å². The number of rotatable bonds is 2. The van der Waals surface area contributed by atoms with Crippen molar-refractivity contribution in [3.05, 3.63) is 12.1 Å². The summed E-state index contributed by atoms with van der Waals surface area (Å²) in [6.07, 6.45) is -6.13. The summed E-state index contributed by atoms with van der Waals surface area (Å²) in [6, 6.07) is 2.75. The highest BCUT2D eigenvalue weighted by atomic mass is 19.4. The van der Waals surface area contributed by atoms with Crippen LogP contribution in [0.5, 0.6) is 11.5 Å². The number of anilines is 2. The normalized spacial score (nSPS) is 14.1. The molecule has 0 saturated heterocycles. The van der Waals surface area contributed by atoms with Crippen molar-refractivity contribution in [3.63, 3.8) is 0 Å². The first-order chi connectivity index (χ1) is 8.85. The van der Waals surface area contributed by atoms with E-state index in [-0.39, 0.29) is 11.4 Å². The van der Waals surface area contributed by atoms with Gasteiger partial charge in [0.25, 0.3) is 0 Å². The van der Waals surface area contributed by atoms with E-state index in [9.17, 15) is 18.0 Å². The van der Waals surface area contributed by atoms with Gasteiger partial charge in [0, 0.05) is 12.1 Å². The van der Waals surface area contributed by atoms with Gasteiger partial charge >= 0.3 is 6.18 Å². The van der Waals surface area contributed by atoms with E-state index in [0.29, 0.717) is 24.7 Å². The number of alkyl halides is 3. The Morgan fingerprint density at radius 2 is 1.84 bits per heavy atom. The van der Waals surface area contributed by atoms with Crippen molar-refractivity contribution in [2.75, 3.05) is 24.3 Å². The average molecular weight is 276 g/mol. The van der Waals surface area contributed by atoms with Crippen molar-refractivity contribution < 1.29 is 27.4 Å². The molecule has 0 spiro atoms. The van der Waals surface area contributed by atoms with Gasteiger partial charge in [0.05, 0.1) is 11.4 Å². The number of nitrogen functional groups attached to an aromatic ring is 1. The van der Waals surface area contributed by atoms with Crippen LogP contribution in [0, 0.1) is 0 Å². The number of halogens is 3. The highest BCUT2D eigenvalue weighted by Gasteiger charge is 2.31. The molecule has 0 unspecified atom stereocenters. The summed E-state index contributed by atoms with van der Waals surface area (Å²) in [5.41, 5.74) is 5.80. The maximum Gasteiger partial charge on any atom is 0.397 e. The Balaban J connectivity index is 2.14. The second-order valence-electron chi connectivity index (χ2n) is 3.92. The summed E-state index contributed by atoms with van der Waals surface area (Å²) in [6.45, 7) is 0.694. The first kappa shape index (κ1) is 13.3. The fraction of sp³-hybridized carbons (Fsp3) is 0.364. The molecule has 1 aliphatic heterocycles. The molecule has 104 valence electrons. The van der Waals surface area contributed by atoms with Crippen LogP contribution in [0.4, 0.5) is 24.5 Å². The summed E-state index contributed by atoms with van der Waals surface area (Å²) < 4.78 is 46.6. The minimum Gasteiger partial charge on any atom is -0.486 e. The molecule has 3 N–H and O–H groups in total. The fourth-order valence-electron chi connectivity index (χ4n) is 1.59. The van der Waals surface area contributed by atoms with Crippen molar-refractivity contribution in [1.82, 2.24) is 0 Å². The maximum atomic E-state index is 12.0. The highest BCUT2D eigenvalue weighted by molar-refractivity contribution is 5.94. The molecule has 0 bridgehead atoms. The molecule has 19 heavy (non-hydrogen) atoms. The van der Waals surface area contributed by atoms with Crippen molar-refractivity contribution in [2.24, 2.45) is 0 Å². The number of nitrogens with one attached hydrogen (secondary N) is 1. The third-order valence-corrected chi connectivity index (χ3v) is 2.35. The van der Waals surface area contributed by atoms with Crippen molar-refractivity contribution >= 4 is 17.3 Å². The van der Waals surface area contributed by atoms with Crippen LogP contribution in [0.1, 0.15) is 6.42 Å². The van der Waals surface area contributed by atoms with E-state index in [1.54, 1.807) is 0 Å². The van der Waals surface area contributed by atoms with Gasteiger partial charge in [-0.05, 0) is 0 Å². The Labute approximate surface area is 106 Å². The SMILES string of the molecule is Nc1cc2c(cc1NC(=O)CC(F)(F)F)OCCO2. The summed E-state index contributed by atoms with van der Waals surface area (Å²) >= 11 is 0. The molecule has 0 radical (unpaired) electrons. The number of hydrogen-bond donors (Lipinski definition) is 2. The largest absolute Gasteiger partial charge is 0.486 e. The molecular formula is C11H11F3N2O3. The molecule has 0 atom stereocenters. The lowest BCUT2D eigenvalue weighted by Gasteiger charge is -2.20. The van der Waals surface area contributed by atoms with Gasteiger partial charge in [-0.15, -0.1) is 0 Å². The first-order valence-corrected chi connectivity index (χ1v) is 5.41. The predicted molar refractivity (Wildman–Crippen MR) is 61.1 cm³/mol. The van der Waals surface area contributed by atoms with Gasteiger partial charge in [0.1, 0.15) is 19.6 Å². The zero-order valence-electron chi connectivity index (χ0n) is 9.71. The number of nitrogens with two attached hydrogens (primary N) is 1. The van der Waals surface area contributed by atoms with Crippen LogP contribution >= 0.6 is 0 Å². The van der Waals surface area contributed by atoms with E-state index < -0.39 is 18.5 Å². The van der Waals surface area contributed by atoms with Gasteiger partial charge in [-0.2, -0.15) is 13.2 Å². The quantitative estimate of drug-likeness (QED) is 0.809. The van der Waals surface area contributed by atoms with Crippen LogP contribution in [-0.4, -0.2) is 25.3 Å². The minimum atomic E-state index is -4.56. The summed E-state index contributed by atoms with van der Waals surface area (Å²) in [4.78, 5) is 11.2. The first-order valence-electron chi connectivity index (χ1n) is 5.41. The Hall–Kier alpha value is -2.12. The Morgan fingerprint density at radius 1 is 1.26 bits per heavy atom. The monoisotopic (exact) mass is 276 g/mol. The number of fused-ring (bicyclic) bond motifs is 1. The van der Waals surface area contributed by atoms with Crippen LogP contribution in [0.3, 0.4) is 0 Å². The number of carbonyl (C=O) groups excluding carboxylic acids is 1. The van der Waals surface area contributed by atoms with Crippen molar-refractivity contribution in [1.29, 1.82) is 0 Å². The molecule has 5 nitrogen and oxygen atoms in total. The van der Waals surface area contributed by atoms with Crippen molar-refractivity contribution in [2.45, 2.75) is 12.6 Å². The molecule has 0 saturated carbocycles. The average Bonchev–Trinajstić information content (AvgIpc) is 2.27. The molecule has 2 rings (SSSR count). The summed E-state index contributed by atoms with van der Waals surface area (Å²) in [5, 5.41) is 2.10. The number of benzene rings is 1. The van der Waals surface area contributed by atoms with E-state index in [0.717, 1.165) is 0 Å². The Kier molecular flexibility index (Phi) is 3.41. The van der Waals surface area contributed by atoms with Crippen molar-refractivity contribution in [3.8, 4) is 11.5 Å². The van der Waals surface area contributed by atoms with E-state index in [1.807, 2.05) is 0 Å². The van der Waals surface area contributed by atoms with Crippen LogP contribution in [0.25, 0.3) is 0 Å². The van der Waals surface area contributed by atoms with E-state index >= 15 is 0 Å². The van der Waals surface area contributed by atoms with Gasteiger partial charge in [0.15, 0.2) is 11.5 Å². The molecule has 1 aliphatic rings. The molecule has 8 heteroatoms. The third-order valence-electron chi connectivity index (χ3n) is 2.35. The van der Waals surface area contributed by atoms with Crippen LogP contribution < -0.4 is 20.5 Å². The second-order valence-corrected chi connectivity index (χ2v) is 3.92. The smallest absolute Gasteiger partial charge is 0.397 e. The third kappa shape index (κ3) is 3.43. The van der Waals surface area contributed by atoms with Gasteiger partial charge in [0.2, 0.25) is 5.91 Å². The lowest BCUT2D eigenvalue weighted by atomic mass is 10.2. The second kappa shape index (κ2) is 4.87. The van der Waals surface area contributed by atoms with Crippen LogP contribution in [-0.2, 0) is 4.79 Å². The van der Waals surface area contributed by atoms with E-state index in [2.05, 4.69) is 5.32 Å².